The first-order chi connectivity index (χ1) is 6.15. The van der Waals surface area contributed by atoms with E-state index in [0.717, 1.165) is 6.07 Å². The van der Waals surface area contributed by atoms with Crippen molar-refractivity contribution in [2.75, 3.05) is 6.61 Å². The molecule has 2 N–H and O–H groups in total. The van der Waals surface area contributed by atoms with Crippen LogP contribution >= 0.6 is 11.6 Å². The normalized spacial score (nSPS) is 10.5. The second-order valence-electron chi connectivity index (χ2n) is 2.48. The van der Waals surface area contributed by atoms with Crippen molar-refractivity contribution < 1.29 is 13.6 Å². The van der Waals surface area contributed by atoms with Crippen molar-refractivity contribution in [3.63, 3.8) is 0 Å². The molecule has 5 heteroatoms. The molecule has 0 spiro atoms. The topological polar surface area (TPSA) is 35.2 Å². The van der Waals surface area contributed by atoms with Crippen molar-refractivity contribution in [3.8, 4) is 0 Å². The van der Waals surface area contributed by atoms with Crippen LogP contribution in [-0.2, 0) is 11.3 Å². The van der Waals surface area contributed by atoms with Gasteiger partial charge in [-0.15, -0.1) is 0 Å². The van der Waals surface area contributed by atoms with Crippen molar-refractivity contribution in [1.29, 1.82) is 0 Å². The molecule has 0 fully saturated rings. The number of benzene rings is 1. The minimum absolute atomic E-state index is 0.103. The minimum atomic E-state index is -0.767. The summed E-state index contributed by atoms with van der Waals surface area (Å²) in [6, 6.07) is 1.97. The van der Waals surface area contributed by atoms with Gasteiger partial charge in [-0.2, -0.15) is 0 Å². The highest BCUT2D eigenvalue weighted by Crippen LogP contribution is 2.19. The van der Waals surface area contributed by atoms with Crippen LogP contribution in [0.15, 0.2) is 12.1 Å². The quantitative estimate of drug-likeness (QED) is 0.608. The van der Waals surface area contributed by atoms with Gasteiger partial charge < -0.3 is 4.84 Å². The third-order valence-corrected chi connectivity index (χ3v) is 1.87. The highest BCUT2D eigenvalue weighted by atomic mass is 35.5. The number of rotatable bonds is 3. The lowest BCUT2D eigenvalue weighted by Crippen LogP contribution is -2.05. The van der Waals surface area contributed by atoms with E-state index in [1.807, 2.05) is 0 Å². The average molecular weight is 208 g/mol. The molecule has 1 rings (SSSR count). The van der Waals surface area contributed by atoms with Crippen molar-refractivity contribution >= 4 is 11.6 Å². The van der Waals surface area contributed by atoms with Gasteiger partial charge in [-0.1, -0.05) is 11.6 Å². The maximum Gasteiger partial charge on any atom is 0.144 e. The van der Waals surface area contributed by atoms with Crippen molar-refractivity contribution in [2.45, 2.75) is 6.42 Å². The van der Waals surface area contributed by atoms with E-state index in [0.29, 0.717) is 0 Å². The zero-order valence-corrected chi connectivity index (χ0v) is 7.44. The van der Waals surface area contributed by atoms with Gasteiger partial charge in [-0.05, 0) is 11.6 Å². The van der Waals surface area contributed by atoms with Crippen LogP contribution in [0.1, 0.15) is 5.56 Å². The Bertz CT molecular complexity index is 306. The zero-order chi connectivity index (χ0) is 9.84. The van der Waals surface area contributed by atoms with Crippen LogP contribution in [0, 0.1) is 11.6 Å². The molecule has 1 aromatic rings. The van der Waals surface area contributed by atoms with Gasteiger partial charge in [0.25, 0.3) is 0 Å². The second-order valence-corrected chi connectivity index (χ2v) is 2.89. The Hall–Kier alpha value is -0.710. The van der Waals surface area contributed by atoms with Crippen molar-refractivity contribution in [2.24, 2.45) is 5.90 Å². The van der Waals surface area contributed by atoms with Crippen LogP contribution in [0.4, 0.5) is 8.78 Å². The molecule has 0 bridgehead atoms. The third-order valence-electron chi connectivity index (χ3n) is 1.58. The molecule has 72 valence electrons. The van der Waals surface area contributed by atoms with Gasteiger partial charge in [0, 0.05) is 12.5 Å². The molecule has 0 saturated heterocycles. The first kappa shape index (κ1) is 10.4. The fourth-order valence-corrected chi connectivity index (χ4v) is 1.11. The van der Waals surface area contributed by atoms with Gasteiger partial charge in [0.05, 0.1) is 11.6 Å². The first-order valence-electron chi connectivity index (χ1n) is 3.60. The summed E-state index contributed by atoms with van der Waals surface area (Å²) in [6.07, 6.45) is 0.266. The largest absolute Gasteiger partial charge is 0.304 e. The van der Waals surface area contributed by atoms with E-state index in [-0.39, 0.29) is 23.6 Å². The average Bonchev–Trinajstić information content (AvgIpc) is 2.09. The van der Waals surface area contributed by atoms with E-state index < -0.39 is 11.6 Å². The smallest absolute Gasteiger partial charge is 0.144 e. The molecule has 0 unspecified atom stereocenters. The lowest BCUT2D eigenvalue weighted by molar-refractivity contribution is 0.140. The summed E-state index contributed by atoms with van der Waals surface area (Å²) in [4.78, 5) is 4.27. The Morgan fingerprint density at radius 1 is 1.31 bits per heavy atom. The van der Waals surface area contributed by atoms with E-state index >= 15 is 0 Å². The Morgan fingerprint density at radius 3 is 2.62 bits per heavy atom. The molecule has 0 amide bonds. The lowest BCUT2D eigenvalue weighted by atomic mass is 10.1. The molecule has 13 heavy (non-hydrogen) atoms. The molecule has 1 aromatic carbocycles. The second kappa shape index (κ2) is 4.50. The van der Waals surface area contributed by atoms with E-state index in [4.69, 9.17) is 17.5 Å². The number of hydrogen-bond donors (Lipinski definition) is 1. The van der Waals surface area contributed by atoms with E-state index in [1.54, 1.807) is 0 Å². The maximum absolute atomic E-state index is 13.0. The lowest BCUT2D eigenvalue weighted by Gasteiger charge is -2.03. The number of hydrogen-bond acceptors (Lipinski definition) is 2. The Balaban J connectivity index is 2.88. The van der Waals surface area contributed by atoms with Crippen molar-refractivity contribution in [1.82, 2.24) is 0 Å². The van der Waals surface area contributed by atoms with Gasteiger partial charge >= 0.3 is 0 Å². The van der Waals surface area contributed by atoms with Crippen LogP contribution in [0.2, 0.25) is 5.02 Å². The summed E-state index contributed by atoms with van der Waals surface area (Å²) < 4.78 is 25.6. The molecule has 0 atom stereocenters. The number of nitrogens with two attached hydrogens (primary N) is 1. The summed E-state index contributed by atoms with van der Waals surface area (Å²) >= 11 is 5.45. The summed E-state index contributed by atoms with van der Waals surface area (Å²) in [5, 5.41) is -0.103. The minimum Gasteiger partial charge on any atom is -0.304 e. The summed E-state index contributed by atoms with van der Waals surface area (Å²) in [5.74, 6) is 3.36. The highest BCUT2D eigenvalue weighted by Gasteiger charge is 2.07. The van der Waals surface area contributed by atoms with Crippen molar-refractivity contribution in [3.05, 3.63) is 34.4 Å². The van der Waals surface area contributed by atoms with Crippen LogP contribution in [0.25, 0.3) is 0 Å². The molecule has 0 saturated carbocycles. The number of halogens is 3. The van der Waals surface area contributed by atoms with Crippen LogP contribution in [0.5, 0.6) is 0 Å². The first-order valence-corrected chi connectivity index (χ1v) is 3.98. The SMILES string of the molecule is NOCCc1cc(Cl)c(F)cc1F. The molecule has 2 nitrogen and oxygen atoms in total. The summed E-state index contributed by atoms with van der Waals surface area (Å²) in [7, 11) is 0. The Morgan fingerprint density at radius 2 is 2.00 bits per heavy atom. The highest BCUT2D eigenvalue weighted by molar-refractivity contribution is 6.30. The van der Waals surface area contributed by atoms with Crippen LogP contribution in [-0.4, -0.2) is 6.61 Å². The third kappa shape index (κ3) is 2.62. The van der Waals surface area contributed by atoms with E-state index in [9.17, 15) is 8.78 Å². The zero-order valence-electron chi connectivity index (χ0n) is 6.69. The van der Waals surface area contributed by atoms with Gasteiger partial charge in [0.2, 0.25) is 0 Å². The van der Waals surface area contributed by atoms with Gasteiger partial charge in [0.1, 0.15) is 11.6 Å². The van der Waals surface area contributed by atoms with Gasteiger partial charge in [-0.25, -0.2) is 14.7 Å². The summed E-state index contributed by atoms with van der Waals surface area (Å²) in [6.45, 7) is 0.166. The van der Waals surface area contributed by atoms with Crippen LogP contribution < -0.4 is 5.90 Å². The van der Waals surface area contributed by atoms with E-state index in [1.165, 1.54) is 6.07 Å². The molecule has 0 aromatic heterocycles. The monoisotopic (exact) mass is 207 g/mol. The molecular formula is C8H8ClF2NO. The van der Waals surface area contributed by atoms with Crippen LogP contribution in [0.3, 0.4) is 0 Å². The predicted octanol–water partition coefficient (Wildman–Crippen LogP) is 2.05. The predicted molar refractivity (Wildman–Crippen MR) is 45.2 cm³/mol. The van der Waals surface area contributed by atoms with E-state index in [2.05, 4.69) is 4.84 Å². The van der Waals surface area contributed by atoms with Gasteiger partial charge in [-0.3, -0.25) is 0 Å². The summed E-state index contributed by atoms with van der Waals surface area (Å²) in [5.41, 5.74) is 0.289. The standard InChI is InChI=1S/C8H8ClF2NO/c9-6-3-5(1-2-13-12)7(10)4-8(6)11/h3-4H,1-2,12H2. The molecule has 0 aliphatic carbocycles. The fourth-order valence-electron chi connectivity index (χ4n) is 0.924. The fraction of sp³-hybridized carbons (Fsp3) is 0.250. The Kier molecular flexibility index (Phi) is 3.59. The molecule has 0 aliphatic rings. The van der Waals surface area contributed by atoms with Gasteiger partial charge in [0.15, 0.2) is 0 Å². The molecule has 0 heterocycles. The molecule has 0 aliphatic heterocycles. The molecular weight excluding hydrogens is 200 g/mol. The Labute approximate surface area is 79.2 Å². The maximum atomic E-state index is 13.0. The molecule has 0 radical (unpaired) electrons.